The zero-order valence-electron chi connectivity index (χ0n) is 15.7. The van der Waals surface area contributed by atoms with Crippen LogP contribution in [0.25, 0.3) is 11.3 Å². The van der Waals surface area contributed by atoms with Crippen molar-refractivity contribution in [2.24, 2.45) is 0 Å². The first-order valence-corrected chi connectivity index (χ1v) is 9.58. The Labute approximate surface area is 159 Å². The van der Waals surface area contributed by atoms with E-state index in [-0.39, 0.29) is 12.1 Å². The van der Waals surface area contributed by atoms with Crippen LogP contribution in [0.15, 0.2) is 30.3 Å². The number of carbonyl (C=O) groups excluding carboxylic acids is 1. The summed E-state index contributed by atoms with van der Waals surface area (Å²) in [7, 11) is 1.66. The monoisotopic (exact) mass is 370 g/mol. The molecule has 7 nitrogen and oxygen atoms in total. The molecule has 1 N–H and O–H groups in total. The zero-order chi connectivity index (χ0) is 18.6. The van der Waals surface area contributed by atoms with Gasteiger partial charge in [-0.05, 0) is 37.5 Å². The van der Waals surface area contributed by atoms with Gasteiger partial charge in [-0.15, -0.1) is 0 Å². The van der Waals surface area contributed by atoms with Gasteiger partial charge in [-0.3, -0.25) is 4.68 Å². The number of rotatable bonds is 4. The molecule has 1 aromatic heterocycles. The molecule has 1 saturated heterocycles. The van der Waals surface area contributed by atoms with Gasteiger partial charge in [0.2, 0.25) is 0 Å². The van der Waals surface area contributed by atoms with E-state index in [1.165, 1.54) is 0 Å². The molecule has 0 saturated carbocycles. The van der Waals surface area contributed by atoms with Crippen molar-refractivity contribution in [1.82, 2.24) is 20.0 Å². The number of methoxy groups -OCH3 is 1. The third kappa shape index (κ3) is 4.08. The number of aromatic nitrogens is 2. The molecule has 2 aromatic rings. The molecule has 1 fully saturated rings. The second kappa shape index (κ2) is 8.00. The molecule has 2 aliphatic heterocycles. The standard InChI is InChI=1S/C20H26N4O3/c1-26-17-6-2-5-15(11-17)19-12-16-14-23(8-4-9-24(16)22-19)20(25)21-13-18-7-3-10-27-18/h2,5-6,11-12,18H,3-4,7-10,13-14H2,1H3,(H,21,25)/t18-/m1/s1. The molecule has 0 spiro atoms. The summed E-state index contributed by atoms with van der Waals surface area (Å²) in [4.78, 5) is 14.5. The van der Waals surface area contributed by atoms with Crippen LogP contribution < -0.4 is 10.1 Å². The first-order chi connectivity index (χ1) is 13.2. The van der Waals surface area contributed by atoms with Crippen LogP contribution in [-0.2, 0) is 17.8 Å². The highest BCUT2D eigenvalue weighted by molar-refractivity contribution is 5.74. The second-order valence-electron chi connectivity index (χ2n) is 7.07. The third-order valence-electron chi connectivity index (χ3n) is 5.17. The quantitative estimate of drug-likeness (QED) is 0.898. The zero-order valence-corrected chi connectivity index (χ0v) is 15.7. The molecule has 0 aliphatic carbocycles. The van der Waals surface area contributed by atoms with Gasteiger partial charge in [0.1, 0.15) is 5.75 Å². The molecule has 2 amide bonds. The van der Waals surface area contributed by atoms with Crippen molar-refractivity contribution in [2.45, 2.75) is 38.5 Å². The minimum Gasteiger partial charge on any atom is -0.497 e. The maximum absolute atomic E-state index is 12.6. The van der Waals surface area contributed by atoms with E-state index in [0.717, 1.165) is 61.7 Å². The van der Waals surface area contributed by atoms with Crippen LogP contribution in [0, 0.1) is 0 Å². The Morgan fingerprint density at radius 3 is 3.07 bits per heavy atom. The molecular weight excluding hydrogens is 344 g/mol. The Bertz CT molecular complexity index is 798. The van der Waals surface area contributed by atoms with Crippen LogP contribution in [0.2, 0.25) is 0 Å². The minimum absolute atomic E-state index is 0.0249. The smallest absolute Gasteiger partial charge is 0.317 e. The van der Waals surface area contributed by atoms with Crippen molar-refractivity contribution >= 4 is 6.03 Å². The number of hydrogen-bond donors (Lipinski definition) is 1. The van der Waals surface area contributed by atoms with E-state index in [1.807, 2.05) is 33.8 Å². The number of nitrogens with zero attached hydrogens (tertiary/aromatic N) is 3. The molecule has 0 unspecified atom stereocenters. The van der Waals surface area contributed by atoms with Gasteiger partial charge in [0.05, 0.1) is 31.1 Å². The van der Waals surface area contributed by atoms with Crippen molar-refractivity contribution < 1.29 is 14.3 Å². The number of amides is 2. The van der Waals surface area contributed by atoms with Gasteiger partial charge in [-0.2, -0.15) is 5.10 Å². The van der Waals surface area contributed by atoms with Crippen molar-refractivity contribution in [3.8, 4) is 17.0 Å². The van der Waals surface area contributed by atoms with Crippen LogP contribution in [0.1, 0.15) is 25.0 Å². The Kier molecular flexibility index (Phi) is 5.29. The summed E-state index contributed by atoms with van der Waals surface area (Å²) >= 11 is 0. The summed E-state index contributed by atoms with van der Waals surface area (Å²) in [6.07, 6.45) is 3.15. The van der Waals surface area contributed by atoms with Gasteiger partial charge in [0.15, 0.2) is 0 Å². The average molecular weight is 370 g/mol. The van der Waals surface area contributed by atoms with Crippen molar-refractivity contribution in [3.63, 3.8) is 0 Å². The number of aryl methyl sites for hydroxylation is 1. The van der Waals surface area contributed by atoms with Crippen molar-refractivity contribution in [1.29, 1.82) is 0 Å². The molecule has 7 heteroatoms. The van der Waals surface area contributed by atoms with Crippen LogP contribution in [0.4, 0.5) is 4.79 Å². The fraction of sp³-hybridized carbons (Fsp3) is 0.500. The Morgan fingerprint density at radius 1 is 1.33 bits per heavy atom. The lowest BCUT2D eigenvalue weighted by Gasteiger charge is -2.21. The topological polar surface area (TPSA) is 68.6 Å². The second-order valence-corrected chi connectivity index (χ2v) is 7.07. The van der Waals surface area contributed by atoms with E-state index in [2.05, 4.69) is 11.4 Å². The lowest BCUT2D eigenvalue weighted by atomic mass is 10.1. The minimum atomic E-state index is -0.0249. The summed E-state index contributed by atoms with van der Waals surface area (Å²) in [5.41, 5.74) is 2.98. The molecular formula is C20H26N4O3. The van der Waals surface area contributed by atoms with Crippen LogP contribution >= 0.6 is 0 Å². The van der Waals surface area contributed by atoms with Gasteiger partial charge in [0.25, 0.3) is 0 Å². The fourth-order valence-electron chi connectivity index (χ4n) is 3.68. The molecule has 1 aromatic carbocycles. The summed E-state index contributed by atoms with van der Waals surface area (Å²) in [5.74, 6) is 0.811. The van der Waals surface area contributed by atoms with Gasteiger partial charge >= 0.3 is 6.03 Å². The number of benzene rings is 1. The first-order valence-electron chi connectivity index (χ1n) is 9.58. The summed E-state index contributed by atoms with van der Waals surface area (Å²) in [6.45, 7) is 3.50. The van der Waals surface area contributed by atoms with Crippen LogP contribution in [0.5, 0.6) is 5.75 Å². The highest BCUT2D eigenvalue weighted by Gasteiger charge is 2.23. The lowest BCUT2D eigenvalue weighted by Crippen LogP contribution is -2.42. The Morgan fingerprint density at radius 2 is 2.26 bits per heavy atom. The summed E-state index contributed by atoms with van der Waals surface area (Å²) in [6, 6.07) is 9.93. The number of fused-ring (bicyclic) bond motifs is 1. The fourth-order valence-corrected chi connectivity index (χ4v) is 3.68. The Hall–Kier alpha value is -2.54. The van der Waals surface area contributed by atoms with Gasteiger partial charge in [-0.25, -0.2) is 4.79 Å². The number of hydrogen-bond acceptors (Lipinski definition) is 4. The lowest BCUT2D eigenvalue weighted by molar-refractivity contribution is 0.108. The first kappa shape index (κ1) is 17.9. The molecule has 2 aliphatic rings. The van der Waals surface area contributed by atoms with E-state index in [4.69, 9.17) is 14.6 Å². The Balaban J connectivity index is 1.45. The molecule has 144 valence electrons. The molecule has 0 bridgehead atoms. The van der Waals surface area contributed by atoms with Gasteiger partial charge in [0, 0.05) is 31.8 Å². The summed E-state index contributed by atoms with van der Waals surface area (Å²) < 4.78 is 12.9. The highest BCUT2D eigenvalue weighted by Crippen LogP contribution is 2.25. The van der Waals surface area contributed by atoms with E-state index in [1.54, 1.807) is 7.11 Å². The van der Waals surface area contributed by atoms with Crippen LogP contribution in [-0.4, -0.2) is 53.6 Å². The van der Waals surface area contributed by atoms with Gasteiger partial charge in [-0.1, -0.05) is 12.1 Å². The predicted octanol–water partition coefficient (Wildman–Crippen LogP) is 2.65. The molecule has 27 heavy (non-hydrogen) atoms. The highest BCUT2D eigenvalue weighted by atomic mass is 16.5. The van der Waals surface area contributed by atoms with Gasteiger partial charge < -0.3 is 19.7 Å². The SMILES string of the molecule is COc1cccc(-c2cc3n(n2)CCCN(C(=O)NC[C@H]2CCCO2)C3)c1. The van der Waals surface area contributed by atoms with E-state index < -0.39 is 0 Å². The number of carbonyl (C=O) groups is 1. The summed E-state index contributed by atoms with van der Waals surface area (Å²) in [5, 5.41) is 7.76. The predicted molar refractivity (Wildman–Crippen MR) is 102 cm³/mol. The number of ether oxygens (including phenoxy) is 2. The number of nitrogens with one attached hydrogen (secondary N) is 1. The maximum Gasteiger partial charge on any atom is 0.317 e. The average Bonchev–Trinajstić information content (AvgIpc) is 3.32. The van der Waals surface area contributed by atoms with Crippen LogP contribution in [0.3, 0.4) is 0 Å². The van der Waals surface area contributed by atoms with E-state index >= 15 is 0 Å². The molecule has 4 rings (SSSR count). The molecule has 3 heterocycles. The third-order valence-corrected chi connectivity index (χ3v) is 5.17. The van der Waals surface area contributed by atoms with Crippen molar-refractivity contribution in [3.05, 3.63) is 36.0 Å². The van der Waals surface area contributed by atoms with E-state index in [0.29, 0.717) is 13.1 Å². The largest absolute Gasteiger partial charge is 0.497 e. The van der Waals surface area contributed by atoms with E-state index in [9.17, 15) is 4.79 Å². The molecule has 1 atom stereocenters. The van der Waals surface area contributed by atoms with Crippen molar-refractivity contribution in [2.75, 3.05) is 26.8 Å². The maximum atomic E-state index is 12.6. The number of urea groups is 1. The normalized spacial score (nSPS) is 19.4. The molecule has 0 radical (unpaired) electrons.